The van der Waals surface area contributed by atoms with Crippen LogP contribution >= 0.6 is 7.82 Å². The lowest BCUT2D eigenvalue weighted by Crippen LogP contribution is -1.97. The number of hydrogen-bond donors (Lipinski definition) is 4. The Labute approximate surface area is 175 Å². The fourth-order valence-corrected chi connectivity index (χ4v) is 3.40. The average Bonchev–Trinajstić information content (AvgIpc) is 2.62. The highest BCUT2D eigenvalue weighted by atomic mass is 31.2. The molecule has 5 nitrogen and oxygen atoms in total. The fourth-order valence-electron chi connectivity index (χ4n) is 3.40. The van der Waals surface area contributed by atoms with E-state index >= 15 is 0 Å². The van der Waals surface area contributed by atoms with Crippen molar-refractivity contribution in [2.24, 2.45) is 5.73 Å². The highest BCUT2D eigenvalue weighted by Crippen LogP contribution is 2.25. The van der Waals surface area contributed by atoms with Gasteiger partial charge in [0.15, 0.2) is 0 Å². The summed E-state index contributed by atoms with van der Waals surface area (Å²) in [6.07, 6.45) is 28.8. The number of nitrogens with two attached hydrogens (primary N) is 1. The third kappa shape index (κ3) is 40.7. The molecule has 0 aromatic heterocycles. The van der Waals surface area contributed by atoms with E-state index in [4.69, 9.17) is 25.0 Å². The molecule has 0 aromatic rings. The monoisotopic (exact) mass is 423 g/mol. The van der Waals surface area contributed by atoms with Gasteiger partial charge in [-0.25, -0.2) is 4.57 Å². The van der Waals surface area contributed by atoms with Gasteiger partial charge in [-0.05, 0) is 13.0 Å². The lowest BCUT2D eigenvalue weighted by Gasteiger charge is -2.04. The molecule has 0 aromatic carbocycles. The van der Waals surface area contributed by atoms with Gasteiger partial charge in [-0.2, -0.15) is 0 Å². The highest BCUT2D eigenvalue weighted by molar-refractivity contribution is 7.45. The molecular formula is C22H50NO4P. The number of hydrogen-bond acceptors (Lipinski definition) is 2. The van der Waals surface area contributed by atoms with Crippen LogP contribution in [0, 0.1) is 0 Å². The summed E-state index contributed by atoms with van der Waals surface area (Å²) in [6, 6.07) is 0. The molecule has 0 amide bonds. The molecule has 172 valence electrons. The quantitative estimate of drug-likeness (QED) is 0.127. The summed E-state index contributed by atoms with van der Waals surface area (Å²) in [5.41, 5.74) is 5.51. The molecule has 0 radical (unpaired) electrons. The lowest BCUT2D eigenvalue weighted by atomic mass is 10.0. The first-order valence-corrected chi connectivity index (χ1v) is 13.5. The molecule has 0 heterocycles. The number of unbranched alkanes of at least 4 members (excludes halogenated alkanes) is 19. The SMILES string of the molecule is CCCCCCCCCCCCCCCCCCCCCCN.O=P(O)(O)O. The van der Waals surface area contributed by atoms with Crippen LogP contribution in [0.15, 0.2) is 0 Å². The van der Waals surface area contributed by atoms with E-state index in [1.54, 1.807) is 0 Å². The van der Waals surface area contributed by atoms with Gasteiger partial charge in [0.05, 0.1) is 0 Å². The van der Waals surface area contributed by atoms with E-state index in [0.717, 1.165) is 6.54 Å². The molecule has 0 bridgehead atoms. The number of rotatable bonds is 20. The van der Waals surface area contributed by atoms with Crippen molar-refractivity contribution in [1.82, 2.24) is 0 Å². The van der Waals surface area contributed by atoms with Gasteiger partial charge >= 0.3 is 7.82 Å². The fraction of sp³-hybridized carbons (Fsp3) is 1.00. The first-order valence-electron chi connectivity index (χ1n) is 11.9. The predicted molar refractivity (Wildman–Crippen MR) is 121 cm³/mol. The molecule has 0 spiro atoms. The zero-order valence-electron chi connectivity index (χ0n) is 18.6. The van der Waals surface area contributed by atoms with Crippen LogP contribution in [-0.4, -0.2) is 21.2 Å². The van der Waals surface area contributed by atoms with Gasteiger partial charge in [0.1, 0.15) is 0 Å². The minimum Gasteiger partial charge on any atom is -0.330 e. The Morgan fingerprint density at radius 2 is 0.679 bits per heavy atom. The topological polar surface area (TPSA) is 104 Å². The molecule has 28 heavy (non-hydrogen) atoms. The molecule has 0 unspecified atom stereocenters. The molecule has 0 aliphatic rings. The third-order valence-electron chi connectivity index (χ3n) is 5.06. The number of phosphoric acid groups is 1. The summed E-state index contributed by atoms with van der Waals surface area (Å²) in [5, 5.41) is 0. The zero-order valence-corrected chi connectivity index (χ0v) is 19.5. The minimum absolute atomic E-state index is 0.874. The van der Waals surface area contributed by atoms with Crippen molar-refractivity contribution < 1.29 is 19.2 Å². The second-order valence-corrected chi connectivity index (χ2v) is 9.05. The smallest absolute Gasteiger partial charge is 0.330 e. The van der Waals surface area contributed by atoms with E-state index < -0.39 is 7.82 Å². The van der Waals surface area contributed by atoms with Gasteiger partial charge in [-0.3, -0.25) is 0 Å². The maximum Gasteiger partial charge on any atom is 0.466 e. The first kappa shape index (κ1) is 30.3. The van der Waals surface area contributed by atoms with Gasteiger partial charge < -0.3 is 20.4 Å². The molecule has 5 N–H and O–H groups in total. The van der Waals surface area contributed by atoms with Gasteiger partial charge in [-0.1, -0.05) is 129 Å². The van der Waals surface area contributed by atoms with Crippen LogP contribution in [0.5, 0.6) is 0 Å². The second kappa shape index (κ2) is 25.1. The van der Waals surface area contributed by atoms with Crippen LogP contribution in [0.3, 0.4) is 0 Å². The standard InChI is InChI=1S/C22H47N.H3O4P/c1-2-3-4-5-6-7-8-9-10-11-12-13-14-15-16-17-18-19-20-21-22-23;1-5(2,3)4/h2-23H2,1H3;(H3,1,2,3,4). The van der Waals surface area contributed by atoms with Crippen molar-refractivity contribution in [1.29, 1.82) is 0 Å². The minimum atomic E-state index is -4.64. The van der Waals surface area contributed by atoms with Gasteiger partial charge in [-0.15, -0.1) is 0 Å². The van der Waals surface area contributed by atoms with E-state index in [0.29, 0.717) is 0 Å². The Morgan fingerprint density at radius 1 is 0.500 bits per heavy atom. The molecule has 0 aliphatic heterocycles. The van der Waals surface area contributed by atoms with E-state index in [2.05, 4.69) is 6.92 Å². The average molecular weight is 424 g/mol. The van der Waals surface area contributed by atoms with Crippen LogP contribution in [0.4, 0.5) is 0 Å². The molecular weight excluding hydrogens is 373 g/mol. The summed E-state index contributed by atoms with van der Waals surface area (Å²) in [6.45, 7) is 3.17. The van der Waals surface area contributed by atoms with Crippen LogP contribution in [0.1, 0.15) is 135 Å². The van der Waals surface area contributed by atoms with E-state index in [-0.39, 0.29) is 0 Å². The van der Waals surface area contributed by atoms with Crippen molar-refractivity contribution in [3.8, 4) is 0 Å². The van der Waals surface area contributed by atoms with Crippen molar-refractivity contribution in [3.63, 3.8) is 0 Å². The molecule has 0 aliphatic carbocycles. The van der Waals surface area contributed by atoms with Crippen LogP contribution < -0.4 is 5.73 Å². The van der Waals surface area contributed by atoms with Crippen LogP contribution in [0.2, 0.25) is 0 Å². The summed E-state index contributed by atoms with van der Waals surface area (Å²) in [7, 11) is -4.64. The Hall–Kier alpha value is 0.0700. The normalized spacial score (nSPS) is 11.3. The summed E-state index contributed by atoms with van der Waals surface area (Å²) >= 11 is 0. The molecule has 6 heteroatoms. The molecule has 0 fully saturated rings. The Balaban J connectivity index is 0. The van der Waals surface area contributed by atoms with E-state index in [1.807, 2.05) is 0 Å². The molecule has 0 atom stereocenters. The van der Waals surface area contributed by atoms with Gasteiger partial charge in [0.25, 0.3) is 0 Å². The Bertz CT molecular complexity index is 295. The zero-order chi connectivity index (χ0) is 21.3. The summed E-state index contributed by atoms with van der Waals surface area (Å²) in [4.78, 5) is 21.6. The van der Waals surface area contributed by atoms with E-state index in [1.165, 1.54) is 128 Å². The van der Waals surface area contributed by atoms with Crippen molar-refractivity contribution >= 4 is 7.82 Å². The third-order valence-corrected chi connectivity index (χ3v) is 5.06. The Kier molecular flexibility index (Phi) is 27.1. The molecule has 0 saturated heterocycles. The van der Waals surface area contributed by atoms with Crippen LogP contribution in [-0.2, 0) is 4.57 Å². The highest BCUT2D eigenvalue weighted by Gasteiger charge is 2.00. The summed E-state index contributed by atoms with van der Waals surface area (Å²) < 4.78 is 8.88. The van der Waals surface area contributed by atoms with Crippen molar-refractivity contribution in [2.45, 2.75) is 135 Å². The predicted octanol–water partition coefficient (Wildman–Crippen LogP) is 6.84. The van der Waals surface area contributed by atoms with E-state index in [9.17, 15) is 0 Å². The lowest BCUT2D eigenvalue weighted by molar-refractivity contribution is 0.275. The van der Waals surface area contributed by atoms with Crippen molar-refractivity contribution in [2.75, 3.05) is 6.54 Å². The molecule has 0 saturated carbocycles. The largest absolute Gasteiger partial charge is 0.466 e. The molecule has 0 rings (SSSR count). The summed E-state index contributed by atoms with van der Waals surface area (Å²) in [5.74, 6) is 0. The maximum atomic E-state index is 8.88. The van der Waals surface area contributed by atoms with Gasteiger partial charge in [0.2, 0.25) is 0 Å². The maximum absolute atomic E-state index is 8.88. The second-order valence-electron chi connectivity index (χ2n) is 8.02. The first-order chi connectivity index (χ1) is 13.4. The van der Waals surface area contributed by atoms with Crippen LogP contribution in [0.25, 0.3) is 0 Å². The Morgan fingerprint density at radius 3 is 0.857 bits per heavy atom. The van der Waals surface area contributed by atoms with Crippen molar-refractivity contribution in [3.05, 3.63) is 0 Å². The van der Waals surface area contributed by atoms with Gasteiger partial charge in [0, 0.05) is 0 Å².